The average Bonchev–Trinajstić information content (AvgIpc) is 3.33. The van der Waals surface area contributed by atoms with Crippen LogP contribution in [-0.4, -0.2) is 58.5 Å². The molecule has 0 bridgehead atoms. The molecule has 1 atom stereocenters. The molecule has 1 unspecified atom stereocenters. The van der Waals surface area contributed by atoms with Crippen molar-refractivity contribution < 1.29 is 13.2 Å². The van der Waals surface area contributed by atoms with Crippen LogP contribution >= 0.6 is 11.8 Å². The van der Waals surface area contributed by atoms with E-state index in [-0.39, 0.29) is 35.2 Å². The van der Waals surface area contributed by atoms with E-state index in [4.69, 9.17) is 0 Å². The summed E-state index contributed by atoms with van der Waals surface area (Å²) in [6.45, 7) is 0. The van der Waals surface area contributed by atoms with Crippen molar-refractivity contribution in [2.45, 2.75) is 49.3 Å². The van der Waals surface area contributed by atoms with Crippen molar-refractivity contribution in [3.05, 3.63) is 24.3 Å². The minimum atomic E-state index is -3.01. The summed E-state index contributed by atoms with van der Waals surface area (Å²) in [4.78, 5) is 22.6. The van der Waals surface area contributed by atoms with Crippen LogP contribution in [0.5, 0.6) is 0 Å². The van der Waals surface area contributed by atoms with Gasteiger partial charge in [-0.05, 0) is 31.4 Å². The fourth-order valence-electron chi connectivity index (χ4n) is 4.08. The number of carbonyl (C=O) groups excluding carboxylic acids is 1. The van der Waals surface area contributed by atoms with Crippen LogP contribution in [0.1, 0.15) is 32.1 Å². The number of thioether (sulfide) groups is 1. The summed E-state index contributed by atoms with van der Waals surface area (Å²) >= 11 is 1.39. The zero-order valence-electron chi connectivity index (χ0n) is 14.6. The monoisotopic (exact) mass is 393 g/mol. The van der Waals surface area contributed by atoms with Crippen molar-refractivity contribution in [3.8, 4) is 0 Å². The Kier molecular flexibility index (Phi) is 4.96. The van der Waals surface area contributed by atoms with E-state index in [0.29, 0.717) is 6.42 Å². The summed E-state index contributed by atoms with van der Waals surface area (Å²) in [7, 11) is -3.01. The van der Waals surface area contributed by atoms with Crippen LogP contribution in [0, 0.1) is 0 Å². The second-order valence-corrected chi connectivity index (χ2v) is 10.3. The fraction of sp³-hybridized carbons (Fsp3) is 0.556. The molecule has 1 aliphatic carbocycles. The van der Waals surface area contributed by atoms with Gasteiger partial charge >= 0.3 is 0 Å². The van der Waals surface area contributed by atoms with E-state index >= 15 is 0 Å². The molecule has 2 aliphatic rings. The van der Waals surface area contributed by atoms with Gasteiger partial charge in [0.25, 0.3) is 0 Å². The lowest BCUT2D eigenvalue weighted by Crippen LogP contribution is -2.47. The summed E-state index contributed by atoms with van der Waals surface area (Å²) in [6, 6.07) is 7.81. The second-order valence-electron chi connectivity index (χ2n) is 7.14. The number of carbonyl (C=O) groups is 1. The molecule has 2 heterocycles. The van der Waals surface area contributed by atoms with E-state index in [1.165, 1.54) is 11.8 Å². The molecule has 6 nitrogen and oxygen atoms in total. The van der Waals surface area contributed by atoms with E-state index in [1.54, 1.807) is 0 Å². The summed E-state index contributed by atoms with van der Waals surface area (Å²) in [5.74, 6) is 0.631. The van der Waals surface area contributed by atoms with Crippen LogP contribution in [0.3, 0.4) is 0 Å². The van der Waals surface area contributed by atoms with Gasteiger partial charge in [0, 0.05) is 12.1 Å². The quantitative estimate of drug-likeness (QED) is 0.790. The van der Waals surface area contributed by atoms with Crippen molar-refractivity contribution in [1.82, 2.24) is 14.9 Å². The van der Waals surface area contributed by atoms with Crippen LogP contribution in [0.2, 0.25) is 0 Å². The first-order chi connectivity index (χ1) is 12.5. The Hall–Kier alpha value is -1.54. The number of hydrogen-bond donors (Lipinski definition) is 1. The summed E-state index contributed by atoms with van der Waals surface area (Å²) in [5, 5.41) is 0.727. The molecular formula is C18H23N3O3S2. The number of rotatable bonds is 5. The molecule has 2 aromatic rings. The second kappa shape index (κ2) is 7.23. The first-order valence-corrected chi connectivity index (χ1v) is 11.9. The average molecular weight is 394 g/mol. The molecule has 1 N–H and O–H groups in total. The number of H-pyrrole nitrogens is 1. The maximum atomic E-state index is 13.0. The molecule has 140 valence electrons. The molecule has 8 heteroatoms. The van der Waals surface area contributed by atoms with Gasteiger partial charge in [-0.25, -0.2) is 13.4 Å². The highest BCUT2D eigenvalue weighted by molar-refractivity contribution is 7.99. The number of amides is 1. The first kappa shape index (κ1) is 17.9. The molecule has 26 heavy (non-hydrogen) atoms. The Morgan fingerprint density at radius 1 is 1.19 bits per heavy atom. The highest BCUT2D eigenvalue weighted by Gasteiger charge is 2.38. The number of aromatic amines is 1. The van der Waals surface area contributed by atoms with E-state index in [1.807, 2.05) is 29.2 Å². The highest BCUT2D eigenvalue weighted by atomic mass is 32.2. The lowest BCUT2D eigenvalue weighted by molar-refractivity contribution is -0.132. The van der Waals surface area contributed by atoms with Crippen LogP contribution in [0.25, 0.3) is 11.0 Å². The lowest BCUT2D eigenvalue weighted by atomic mass is 10.1. The van der Waals surface area contributed by atoms with E-state index in [2.05, 4.69) is 9.97 Å². The molecule has 4 rings (SSSR count). The van der Waals surface area contributed by atoms with Gasteiger partial charge in [0.15, 0.2) is 15.0 Å². The lowest BCUT2D eigenvalue weighted by Gasteiger charge is -2.34. The van der Waals surface area contributed by atoms with Crippen molar-refractivity contribution in [2.24, 2.45) is 0 Å². The standard InChI is InChI=1S/C18H23N3O3S2/c22-17(11-25-18-19-15-7-3-4-8-16(15)20-18)21(13-5-1-2-6-13)14-9-10-26(23,24)12-14/h3-4,7-8,13-14H,1-2,5-6,9-12H2,(H,19,20). The largest absolute Gasteiger partial charge is 0.335 e. The van der Waals surface area contributed by atoms with Gasteiger partial charge in [-0.3, -0.25) is 4.79 Å². The number of para-hydroxylation sites is 2. The third-order valence-corrected chi connectivity index (χ3v) is 7.92. The van der Waals surface area contributed by atoms with E-state index < -0.39 is 9.84 Å². The summed E-state index contributed by atoms with van der Waals surface area (Å²) in [5.41, 5.74) is 1.84. The molecule has 2 fully saturated rings. The molecule has 1 aliphatic heterocycles. The van der Waals surface area contributed by atoms with Crippen LogP contribution in [0.15, 0.2) is 29.4 Å². The number of aromatic nitrogens is 2. The molecule has 0 radical (unpaired) electrons. The van der Waals surface area contributed by atoms with Crippen molar-refractivity contribution >= 4 is 38.5 Å². The van der Waals surface area contributed by atoms with Gasteiger partial charge in [-0.2, -0.15) is 0 Å². The Balaban J connectivity index is 1.47. The normalized spacial score (nSPS) is 22.8. The minimum absolute atomic E-state index is 0.0319. The molecular weight excluding hydrogens is 370 g/mol. The Morgan fingerprint density at radius 2 is 1.96 bits per heavy atom. The number of nitrogens with one attached hydrogen (secondary N) is 1. The molecule has 1 aromatic carbocycles. The molecule has 0 spiro atoms. The van der Waals surface area contributed by atoms with Gasteiger partial charge in [0.2, 0.25) is 5.91 Å². The van der Waals surface area contributed by atoms with Gasteiger partial charge in [0.1, 0.15) is 0 Å². The fourth-order valence-corrected chi connectivity index (χ4v) is 6.55. The van der Waals surface area contributed by atoms with Gasteiger partial charge in [0.05, 0.1) is 28.3 Å². The number of hydrogen-bond acceptors (Lipinski definition) is 5. The molecule has 1 amide bonds. The predicted octanol–water partition coefficient (Wildman–Crippen LogP) is 2.61. The number of benzene rings is 1. The van der Waals surface area contributed by atoms with Crippen molar-refractivity contribution in [2.75, 3.05) is 17.3 Å². The Bertz CT molecular complexity index is 870. The topological polar surface area (TPSA) is 83.1 Å². The zero-order valence-corrected chi connectivity index (χ0v) is 16.2. The number of sulfone groups is 1. The third kappa shape index (κ3) is 3.76. The Morgan fingerprint density at radius 3 is 2.65 bits per heavy atom. The van der Waals surface area contributed by atoms with Gasteiger partial charge in [-0.1, -0.05) is 36.7 Å². The van der Waals surface area contributed by atoms with E-state index in [0.717, 1.165) is 41.9 Å². The molecule has 1 aromatic heterocycles. The summed E-state index contributed by atoms with van der Waals surface area (Å²) in [6.07, 6.45) is 4.77. The zero-order chi connectivity index (χ0) is 18.1. The van der Waals surface area contributed by atoms with Crippen LogP contribution in [0.4, 0.5) is 0 Å². The molecule has 1 saturated carbocycles. The van der Waals surface area contributed by atoms with E-state index in [9.17, 15) is 13.2 Å². The maximum absolute atomic E-state index is 13.0. The number of fused-ring (bicyclic) bond motifs is 1. The van der Waals surface area contributed by atoms with Crippen molar-refractivity contribution in [3.63, 3.8) is 0 Å². The third-order valence-electron chi connectivity index (χ3n) is 5.31. The number of nitrogens with zero attached hydrogens (tertiary/aromatic N) is 2. The van der Waals surface area contributed by atoms with Crippen molar-refractivity contribution in [1.29, 1.82) is 0 Å². The maximum Gasteiger partial charge on any atom is 0.233 e. The first-order valence-electron chi connectivity index (χ1n) is 9.11. The smallest absolute Gasteiger partial charge is 0.233 e. The van der Waals surface area contributed by atoms with Gasteiger partial charge < -0.3 is 9.88 Å². The molecule has 1 saturated heterocycles. The SMILES string of the molecule is O=C(CSc1nc2ccccc2[nH]1)N(C1CCCC1)C1CCS(=O)(=O)C1. The predicted molar refractivity (Wildman–Crippen MR) is 103 cm³/mol. The minimum Gasteiger partial charge on any atom is -0.335 e. The van der Waals surface area contributed by atoms with Gasteiger partial charge in [-0.15, -0.1) is 0 Å². The van der Waals surface area contributed by atoms with Crippen LogP contribution in [-0.2, 0) is 14.6 Å². The van der Waals surface area contributed by atoms with Crippen LogP contribution < -0.4 is 0 Å². The highest BCUT2D eigenvalue weighted by Crippen LogP contribution is 2.30. The summed E-state index contributed by atoms with van der Waals surface area (Å²) < 4.78 is 23.8. The Labute approximate surface area is 157 Å². The number of imidazole rings is 1.